The lowest BCUT2D eigenvalue weighted by Crippen LogP contribution is -2.20. The molecule has 1 heterocycles. The van der Waals surface area contributed by atoms with Gasteiger partial charge in [-0.2, -0.15) is 26.3 Å². The number of hydrogen-bond acceptors (Lipinski definition) is 3. The van der Waals surface area contributed by atoms with Crippen molar-refractivity contribution in [3.63, 3.8) is 0 Å². The minimum Gasteiger partial charge on any atom is -0.457 e. The molecule has 4 nitrogen and oxygen atoms in total. The van der Waals surface area contributed by atoms with Crippen LogP contribution in [0.2, 0.25) is 0 Å². The largest absolute Gasteiger partial charge is 0.457 e. The Kier molecular flexibility index (Phi) is 7.04. The molecule has 0 atom stereocenters. The van der Waals surface area contributed by atoms with E-state index in [1.165, 1.54) is 10.6 Å². The zero-order chi connectivity index (χ0) is 24.2. The van der Waals surface area contributed by atoms with Gasteiger partial charge >= 0.3 is 12.4 Å². The SMILES string of the molecule is CCCCn1c(Oc2ccc(C(F)(F)F)cc2)cc(Oc2ccc(C(F)(F)F)cc2)cc1=O. The third kappa shape index (κ3) is 6.30. The summed E-state index contributed by atoms with van der Waals surface area (Å²) in [5, 5.41) is 0. The molecule has 0 saturated carbocycles. The number of halogens is 6. The van der Waals surface area contributed by atoms with Crippen molar-refractivity contribution in [2.45, 2.75) is 38.7 Å². The van der Waals surface area contributed by atoms with Crippen molar-refractivity contribution in [1.29, 1.82) is 0 Å². The summed E-state index contributed by atoms with van der Waals surface area (Å²) in [5.41, 5.74) is -2.19. The molecule has 3 aromatic rings. The summed E-state index contributed by atoms with van der Waals surface area (Å²) in [6, 6.07) is 10.4. The van der Waals surface area contributed by atoms with Gasteiger partial charge in [-0.3, -0.25) is 9.36 Å². The van der Waals surface area contributed by atoms with Gasteiger partial charge in [-0.15, -0.1) is 0 Å². The molecule has 176 valence electrons. The Morgan fingerprint density at radius 2 is 1.21 bits per heavy atom. The number of nitrogens with zero attached hydrogens (tertiary/aromatic N) is 1. The third-order valence-corrected chi connectivity index (χ3v) is 4.62. The first-order valence-corrected chi connectivity index (χ1v) is 9.92. The van der Waals surface area contributed by atoms with Crippen molar-refractivity contribution in [1.82, 2.24) is 4.57 Å². The predicted molar refractivity (Wildman–Crippen MR) is 109 cm³/mol. The summed E-state index contributed by atoms with van der Waals surface area (Å²) in [7, 11) is 0. The molecular formula is C23H19F6NO3. The van der Waals surface area contributed by atoms with E-state index in [1.54, 1.807) is 0 Å². The quantitative estimate of drug-likeness (QED) is 0.340. The van der Waals surface area contributed by atoms with Crippen molar-refractivity contribution in [3.05, 3.63) is 82.1 Å². The fourth-order valence-corrected chi connectivity index (χ4v) is 2.91. The van der Waals surface area contributed by atoms with Gasteiger partial charge in [-0.1, -0.05) is 13.3 Å². The van der Waals surface area contributed by atoms with Gasteiger partial charge in [0.15, 0.2) is 0 Å². The Labute approximate surface area is 185 Å². The van der Waals surface area contributed by atoms with Crippen molar-refractivity contribution in [2.24, 2.45) is 0 Å². The van der Waals surface area contributed by atoms with Crippen LogP contribution in [0.25, 0.3) is 0 Å². The lowest BCUT2D eigenvalue weighted by molar-refractivity contribution is -0.138. The summed E-state index contributed by atoms with van der Waals surface area (Å²) in [6.07, 6.45) is -7.59. The van der Waals surface area contributed by atoms with E-state index in [2.05, 4.69) is 0 Å². The molecule has 0 spiro atoms. The van der Waals surface area contributed by atoms with E-state index in [9.17, 15) is 31.1 Å². The number of pyridine rings is 1. The van der Waals surface area contributed by atoms with E-state index in [0.717, 1.165) is 61.0 Å². The molecule has 10 heteroatoms. The zero-order valence-corrected chi connectivity index (χ0v) is 17.3. The van der Waals surface area contributed by atoms with Crippen LogP contribution in [-0.4, -0.2) is 4.57 Å². The van der Waals surface area contributed by atoms with Crippen LogP contribution in [0.1, 0.15) is 30.9 Å². The second kappa shape index (κ2) is 9.60. The van der Waals surface area contributed by atoms with Gasteiger partial charge in [0.05, 0.1) is 11.1 Å². The highest BCUT2D eigenvalue weighted by molar-refractivity contribution is 5.38. The van der Waals surface area contributed by atoms with Crippen LogP contribution < -0.4 is 15.0 Å². The van der Waals surface area contributed by atoms with Crippen LogP contribution in [0.3, 0.4) is 0 Å². The van der Waals surface area contributed by atoms with E-state index in [1.807, 2.05) is 6.92 Å². The van der Waals surface area contributed by atoms with E-state index in [-0.39, 0.29) is 23.1 Å². The molecule has 0 aliphatic heterocycles. The van der Waals surface area contributed by atoms with Crippen LogP contribution in [0, 0.1) is 0 Å². The first-order chi connectivity index (χ1) is 15.5. The molecule has 0 fully saturated rings. The minimum absolute atomic E-state index is 0.00872. The Hall–Kier alpha value is -3.43. The van der Waals surface area contributed by atoms with Crippen molar-refractivity contribution >= 4 is 0 Å². The van der Waals surface area contributed by atoms with Crippen LogP contribution in [0.4, 0.5) is 26.3 Å². The molecule has 3 rings (SSSR count). The minimum atomic E-state index is -4.50. The lowest BCUT2D eigenvalue weighted by Gasteiger charge is -2.16. The van der Waals surface area contributed by atoms with Gasteiger partial charge in [0.1, 0.15) is 17.2 Å². The second-order valence-electron chi connectivity index (χ2n) is 7.12. The summed E-state index contributed by atoms with van der Waals surface area (Å²) >= 11 is 0. The molecule has 0 saturated heterocycles. The molecule has 33 heavy (non-hydrogen) atoms. The molecule has 1 aromatic heterocycles. The normalized spacial score (nSPS) is 12.0. The molecule has 0 aliphatic rings. The van der Waals surface area contributed by atoms with Crippen LogP contribution in [-0.2, 0) is 18.9 Å². The molecule has 0 bridgehead atoms. The van der Waals surface area contributed by atoms with Gasteiger partial charge in [0.25, 0.3) is 5.56 Å². The molecule has 0 aliphatic carbocycles. The van der Waals surface area contributed by atoms with Crippen molar-refractivity contribution < 1.29 is 35.8 Å². The van der Waals surface area contributed by atoms with Gasteiger partial charge in [-0.05, 0) is 55.0 Å². The second-order valence-corrected chi connectivity index (χ2v) is 7.12. The maximum Gasteiger partial charge on any atom is 0.416 e. The third-order valence-electron chi connectivity index (χ3n) is 4.62. The Morgan fingerprint density at radius 1 is 0.727 bits per heavy atom. The highest BCUT2D eigenvalue weighted by Gasteiger charge is 2.31. The van der Waals surface area contributed by atoms with Crippen molar-refractivity contribution in [3.8, 4) is 23.1 Å². The molecular weight excluding hydrogens is 452 g/mol. The maximum atomic E-state index is 12.8. The number of ether oxygens (including phenoxy) is 2. The topological polar surface area (TPSA) is 40.5 Å². The van der Waals surface area contributed by atoms with E-state index in [0.29, 0.717) is 13.0 Å². The molecule has 0 unspecified atom stereocenters. The average molecular weight is 471 g/mol. The first kappa shape index (κ1) is 24.2. The number of rotatable bonds is 7. The van der Waals surface area contributed by atoms with Gasteiger partial charge < -0.3 is 9.47 Å². The maximum absolute atomic E-state index is 12.8. The molecule has 0 radical (unpaired) electrons. The monoisotopic (exact) mass is 471 g/mol. The van der Waals surface area contributed by atoms with Crippen LogP contribution >= 0.6 is 0 Å². The summed E-state index contributed by atoms with van der Waals surface area (Å²) in [6.45, 7) is 2.22. The summed E-state index contributed by atoms with van der Waals surface area (Å²) in [5.74, 6) is 0.167. The van der Waals surface area contributed by atoms with E-state index in [4.69, 9.17) is 9.47 Å². The fourth-order valence-electron chi connectivity index (χ4n) is 2.91. The molecule has 2 aromatic carbocycles. The molecule has 0 amide bonds. The molecule has 0 N–H and O–H groups in total. The van der Waals surface area contributed by atoms with Gasteiger partial charge in [-0.25, -0.2) is 0 Å². The van der Waals surface area contributed by atoms with Crippen LogP contribution in [0.5, 0.6) is 23.1 Å². The standard InChI is InChI=1S/C23H19F6NO3/c1-2-3-12-30-20(31)13-19(32-17-8-4-15(5-9-17)22(24,25)26)14-21(30)33-18-10-6-16(7-11-18)23(27,28)29/h4-11,13-14H,2-3,12H2,1H3. The Balaban J connectivity index is 1.90. The smallest absolute Gasteiger partial charge is 0.416 e. The van der Waals surface area contributed by atoms with Crippen molar-refractivity contribution in [2.75, 3.05) is 0 Å². The van der Waals surface area contributed by atoms with E-state index >= 15 is 0 Å². The highest BCUT2D eigenvalue weighted by atomic mass is 19.4. The number of unbranched alkanes of at least 4 members (excludes halogenated alkanes) is 1. The number of alkyl halides is 6. The predicted octanol–water partition coefficient (Wildman–Crippen LogP) is 7.27. The summed E-state index contributed by atoms with van der Waals surface area (Å²) < 4.78 is 89.0. The van der Waals surface area contributed by atoms with Crippen LogP contribution in [0.15, 0.2) is 65.5 Å². The number of hydrogen-bond donors (Lipinski definition) is 0. The highest BCUT2D eigenvalue weighted by Crippen LogP contribution is 2.33. The van der Waals surface area contributed by atoms with Gasteiger partial charge in [0.2, 0.25) is 5.88 Å². The lowest BCUT2D eigenvalue weighted by atomic mass is 10.2. The fraction of sp³-hybridized carbons (Fsp3) is 0.261. The Morgan fingerprint density at radius 3 is 1.67 bits per heavy atom. The van der Waals surface area contributed by atoms with E-state index < -0.39 is 29.0 Å². The summed E-state index contributed by atoms with van der Waals surface area (Å²) in [4.78, 5) is 12.6. The first-order valence-electron chi connectivity index (χ1n) is 9.92. The Bertz CT molecular complexity index is 1130. The van der Waals surface area contributed by atoms with Gasteiger partial charge in [0, 0.05) is 18.7 Å². The number of aromatic nitrogens is 1. The zero-order valence-electron chi connectivity index (χ0n) is 17.3. The average Bonchev–Trinajstić information content (AvgIpc) is 2.73. The number of benzene rings is 2.